The van der Waals surface area contributed by atoms with E-state index in [1.54, 1.807) is 28.6 Å². The van der Waals surface area contributed by atoms with Gasteiger partial charge in [-0.3, -0.25) is 4.79 Å². The molecule has 150 valence electrons. The van der Waals surface area contributed by atoms with Crippen LogP contribution < -0.4 is 4.74 Å². The molecule has 1 aromatic carbocycles. The van der Waals surface area contributed by atoms with Crippen LogP contribution in [0.4, 0.5) is 0 Å². The maximum atomic E-state index is 13.4. The Kier molecular flexibility index (Phi) is 6.11. The zero-order valence-corrected chi connectivity index (χ0v) is 17.2. The van der Waals surface area contributed by atoms with Gasteiger partial charge in [-0.05, 0) is 30.9 Å². The normalized spacial score (nSPS) is 25.1. The van der Waals surface area contributed by atoms with Crippen LogP contribution in [0, 0.1) is 5.92 Å². The van der Waals surface area contributed by atoms with Crippen LogP contribution >= 0.6 is 0 Å². The molecule has 6 nitrogen and oxygen atoms in total. The van der Waals surface area contributed by atoms with Crippen LogP contribution in [0.1, 0.15) is 46.5 Å². The first-order valence-corrected chi connectivity index (χ1v) is 11.3. The highest BCUT2D eigenvalue weighted by atomic mass is 32.2. The number of benzene rings is 1. The van der Waals surface area contributed by atoms with Gasteiger partial charge in [0.15, 0.2) is 0 Å². The molecule has 0 spiro atoms. The Morgan fingerprint density at radius 1 is 1.22 bits per heavy atom. The molecule has 0 radical (unpaired) electrons. The highest BCUT2D eigenvalue weighted by Crippen LogP contribution is 2.36. The number of para-hydroxylation sites is 1. The Bertz CT molecular complexity index is 778. The van der Waals surface area contributed by atoms with Crippen molar-refractivity contribution >= 4 is 15.9 Å². The van der Waals surface area contributed by atoms with Crippen molar-refractivity contribution in [1.29, 1.82) is 0 Å². The van der Waals surface area contributed by atoms with E-state index >= 15 is 0 Å². The van der Waals surface area contributed by atoms with E-state index in [-0.39, 0.29) is 28.9 Å². The smallest absolute Gasteiger partial charge is 0.247 e. The van der Waals surface area contributed by atoms with Gasteiger partial charge in [0.25, 0.3) is 0 Å². The zero-order valence-electron chi connectivity index (χ0n) is 16.4. The van der Waals surface area contributed by atoms with Crippen LogP contribution in [-0.2, 0) is 14.8 Å². The summed E-state index contributed by atoms with van der Waals surface area (Å²) in [7, 11) is -3.64. The largest absolute Gasteiger partial charge is 0.487 e. The first-order valence-electron chi connectivity index (χ1n) is 9.90. The van der Waals surface area contributed by atoms with E-state index in [9.17, 15) is 13.2 Å². The minimum absolute atomic E-state index is 0.146. The first kappa shape index (κ1) is 20.1. The monoisotopic (exact) mass is 394 g/mol. The Morgan fingerprint density at radius 3 is 2.63 bits per heavy atom. The second kappa shape index (κ2) is 8.19. The third-order valence-electron chi connectivity index (χ3n) is 5.25. The number of fused-ring (bicyclic) bond motifs is 2. The highest BCUT2D eigenvalue weighted by Gasteiger charge is 2.43. The van der Waals surface area contributed by atoms with Crippen molar-refractivity contribution in [2.45, 2.75) is 63.5 Å². The summed E-state index contributed by atoms with van der Waals surface area (Å²) in [6, 6.07) is 6.63. The van der Waals surface area contributed by atoms with Gasteiger partial charge >= 0.3 is 0 Å². The standard InChI is InChI=1S/C20H30N2O4S/c1-4-7-20(23)21-12-10-16-17(11-13-21)26-18-8-5-6-9-19(18)27(24,25)22(16)14-15(2)3/h5-6,8-9,15-17H,4,7,10-14H2,1-3H3/t16-,17-/m1/s1. The lowest BCUT2D eigenvalue weighted by Gasteiger charge is -2.32. The van der Waals surface area contributed by atoms with Gasteiger partial charge in [-0.2, -0.15) is 4.31 Å². The van der Waals surface area contributed by atoms with Crippen LogP contribution in [0.15, 0.2) is 29.2 Å². The van der Waals surface area contributed by atoms with Crippen molar-refractivity contribution in [3.8, 4) is 5.75 Å². The maximum absolute atomic E-state index is 13.4. The van der Waals surface area contributed by atoms with Gasteiger partial charge in [-0.15, -0.1) is 0 Å². The van der Waals surface area contributed by atoms with Crippen LogP contribution in [0.3, 0.4) is 0 Å². The van der Waals surface area contributed by atoms with Crippen LogP contribution in [0.2, 0.25) is 0 Å². The molecule has 2 aliphatic rings. The van der Waals surface area contributed by atoms with E-state index in [0.29, 0.717) is 44.6 Å². The second-order valence-corrected chi connectivity index (χ2v) is 9.71. The van der Waals surface area contributed by atoms with E-state index in [2.05, 4.69) is 0 Å². The van der Waals surface area contributed by atoms with Gasteiger partial charge in [0.2, 0.25) is 15.9 Å². The average Bonchev–Trinajstić information content (AvgIpc) is 2.86. The molecular weight excluding hydrogens is 364 g/mol. The topological polar surface area (TPSA) is 66.9 Å². The molecule has 1 saturated heterocycles. The number of hydrogen-bond acceptors (Lipinski definition) is 4. The summed E-state index contributed by atoms with van der Waals surface area (Å²) in [4.78, 5) is 14.5. The molecule has 3 rings (SSSR count). The average molecular weight is 395 g/mol. The summed E-state index contributed by atoms with van der Waals surface area (Å²) < 4.78 is 34.7. The number of amides is 1. The van der Waals surface area contributed by atoms with Gasteiger partial charge in [-0.1, -0.05) is 32.9 Å². The Hall–Kier alpha value is -1.60. The van der Waals surface area contributed by atoms with Crippen LogP contribution in [0.25, 0.3) is 0 Å². The maximum Gasteiger partial charge on any atom is 0.247 e. The first-order chi connectivity index (χ1) is 12.8. The molecule has 0 unspecified atom stereocenters. The fourth-order valence-corrected chi connectivity index (χ4v) is 5.94. The fraction of sp³-hybridized carbons (Fsp3) is 0.650. The number of carbonyl (C=O) groups excluding carboxylic acids is 1. The summed E-state index contributed by atoms with van der Waals surface area (Å²) >= 11 is 0. The van der Waals surface area contributed by atoms with E-state index in [1.165, 1.54) is 0 Å². The number of nitrogens with zero attached hydrogens (tertiary/aromatic N) is 2. The lowest BCUT2D eigenvalue weighted by molar-refractivity contribution is -0.131. The predicted molar refractivity (Wildman–Crippen MR) is 104 cm³/mol. The number of ether oxygens (including phenoxy) is 1. The number of rotatable bonds is 4. The van der Waals surface area contributed by atoms with Crippen molar-refractivity contribution in [2.24, 2.45) is 5.92 Å². The highest BCUT2D eigenvalue weighted by molar-refractivity contribution is 7.89. The Balaban J connectivity index is 1.97. The third kappa shape index (κ3) is 4.14. The van der Waals surface area contributed by atoms with Gasteiger partial charge in [0.05, 0.1) is 6.04 Å². The molecule has 2 heterocycles. The quantitative estimate of drug-likeness (QED) is 0.788. The van der Waals surface area contributed by atoms with Gasteiger partial charge in [-0.25, -0.2) is 8.42 Å². The molecule has 0 bridgehead atoms. The second-order valence-electron chi connectivity index (χ2n) is 7.85. The molecule has 27 heavy (non-hydrogen) atoms. The lowest BCUT2D eigenvalue weighted by atomic mass is 10.0. The molecule has 1 amide bonds. The lowest BCUT2D eigenvalue weighted by Crippen LogP contribution is -2.48. The van der Waals surface area contributed by atoms with Crippen LogP contribution in [0.5, 0.6) is 5.75 Å². The molecule has 2 aliphatic heterocycles. The number of hydrogen-bond donors (Lipinski definition) is 0. The van der Waals surface area contributed by atoms with E-state index < -0.39 is 10.0 Å². The Labute approximate surface area is 162 Å². The molecule has 0 aromatic heterocycles. The SMILES string of the molecule is CCCC(=O)N1CC[C@@H]2[C@@H](CC1)Oc1ccccc1S(=O)(=O)N2CC(C)C. The summed E-state index contributed by atoms with van der Waals surface area (Å²) in [5.74, 6) is 0.770. The third-order valence-corrected chi connectivity index (χ3v) is 7.18. The van der Waals surface area contributed by atoms with Crippen molar-refractivity contribution in [2.75, 3.05) is 19.6 Å². The summed E-state index contributed by atoms with van der Waals surface area (Å²) in [5.41, 5.74) is 0. The molecule has 1 aromatic rings. The van der Waals surface area contributed by atoms with E-state index in [4.69, 9.17) is 4.74 Å². The van der Waals surface area contributed by atoms with Gasteiger partial charge in [0.1, 0.15) is 16.7 Å². The molecule has 0 saturated carbocycles. The molecular formula is C20H30N2O4S. The molecule has 0 aliphatic carbocycles. The minimum atomic E-state index is -3.64. The molecule has 2 atom stereocenters. The van der Waals surface area contributed by atoms with Gasteiger partial charge < -0.3 is 9.64 Å². The zero-order chi connectivity index (χ0) is 19.6. The van der Waals surface area contributed by atoms with Crippen LogP contribution in [-0.4, -0.2) is 55.3 Å². The number of sulfonamides is 1. The number of likely N-dealkylation sites (tertiary alicyclic amines) is 1. The predicted octanol–water partition coefficient (Wildman–Crippen LogP) is 2.89. The van der Waals surface area contributed by atoms with Crippen molar-refractivity contribution in [3.05, 3.63) is 24.3 Å². The van der Waals surface area contributed by atoms with Crippen molar-refractivity contribution < 1.29 is 17.9 Å². The van der Waals surface area contributed by atoms with Crippen molar-refractivity contribution in [1.82, 2.24) is 9.21 Å². The minimum Gasteiger partial charge on any atom is -0.487 e. The van der Waals surface area contributed by atoms with E-state index in [0.717, 1.165) is 6.42 Å². The molecule has 1 fully saturated rings. The fourth-order valence-electron chi connectivity index (χ4n) is 3.97. The summed E-state index contributed by atoms with van der Waals surface area (Å²) in [6.45, 7) is 7.67. The van der Waals surface area contributed by atoms with Gasteiger partial charge in [0, 0.05) is 32.5 Å². The van der Waals surface area contributed by atoms with E-state index in [1.807, 2.05) is 25.7 Å². The van der Waals surface area contributed by atoms with Crippen molar-refractivity contribution in [3.63, 3.8) is 0 Å². The molecule has 7 heteroatoms. The summed E-state index contributed by atoms with van der Waals surface area (Å²) in [6.07, 6.45) is 2.34. The number of carbonyl (C=O) groups is 1. The molecule has 0 N–H and O–H groups in total. The Morgan fingerprint density at radius 2 is 1.93 bits per heavy atom. The summed E-state index contributed by atoms with van der Waals surface area (Å²) in [5, 5.41) is 0.